The van der Waals surface area contributed by atoms with Gasteiger partial charge in [0.2, 0.25) is 0 Å². The minimum atomic E-state index is -0.679. The molecule has 0 saturated carbocycles. The molecule has 0 radical (unpaired) electrons. The Morgan fingerprint density at radius 1 is 0.917 bits per heavy atom. The Morgan fingerprint density at radius 2 is 1.17 bits per heavy atom. The summed E-state index contributed by atoms with van der Waals surface area (Å²) >= 11 is 0. The minimum absolute atomic E-state index is 0.338. The summed E-state index contributed by atoms with van der Waals surface area (Å²) in [6.45, 7) is 9.11. The van der Waals surface area contributed by atoms with E-state index in [0.717, 1.165) is 0 Å². The fourth-order valence-corrected chi connectivity index (χ4v) is 0.905. The molecule has 0 bridgehead atoms. The van der Waals surface area contributed by atoms with E-state index in [1.54, 1.807) is 13.8 Å². The summed E-state index contributed by atoms with van der Waals surface area (Å²) in [6.07, 6.45) is 0. The van der Waals surface area contributed by atoms with Crippen LogP contribution in [0.15, 0.2) is 35.5 Å². The van der Waals surface area contributed by atoms with E-state index in [4.69, 9.17) is 0 Å². The highest BCUT2D eigenvalue weighted by Crippen LogP contribution is 2.19. The van der Waals surface area contributed by atoms with Crippen LogP contribution in [0.4, 0.5) is 8.78 Å². The lowest BCUT2D eigenvalue weighted by molar-refractivity contribution is 0.519. The lowest BCUT2D eigenvalue weighted by Gasteiger charge is -2.09. The van der Waals surface area contributed by atoms with Crippen molar-refractivity contribution in [3.63, 3.8) is 0 Å². The number of hydrogen-bond donors (Lipinski definition) is 0. The van der Waals surface area contributed by atoms with E-state index in [9.17, 15) is 8.78 Å². The summed E-state index contributed by atoms with van der Waals surface area (Å²) in [7, 11) is 0. The van der Waals surface area contributed by atoms with Crippen LogP contribution >= 0.6 is 0 Å². The third-order valence-corrected chi connectivity index (χ3v) is 1.66. The second kappa shape index (κ2) is 4.86. The minimum Gasteiger partial charge on any atom is -0.246 e. The summed E-state index contributed by atoms with van der Waals surface area (Å²) in [4.78, 5) is 0. The first-order valence-electron chi connectivity index (χ1n) is 3.70. The van der Waals surface area contributed by atoms with Gasteiger partial charge < -0.3 is 0 Å². The van der Waals surface area contributed by atoms with Gasteiger partial charge in [0.15, 0.2) is 0 Å². The molecule has 12 heavy (non-hydrogen) atoms. The third-order valence-electron chi connectivity index (χ3n) is 1.66. The molecule has 0 saturated heterocycles. The van der Waals surface area contributed by atoms with E-state index in [2.05, 4.69) is 13.2 Å². The van der Waals surface area contributed by atoms with Crippen molar-refractivity contribution in [2.24, 2.45) is 0 Å². The second-order valence-electron chi connectivity index (χ2n) is 2.79. The normalized spacial score (nSPS) is 12.3. The zero-order valence-electron chi connectivity index (χ0n) is 7.58. The van der Waals surface area contributed by atoms with Crippen LogP contribution < -0.4 is 0 Å². The van der Waals surface area contributed by atoms with Gasteiger partial charge in [-0.1, -0.05) is 24.3 Å². The van der Waals surface area contributed by atoms with Crippen LogP contribution in [0, 0.1) is 0 Å². The van der Waals surface area contributed by atoms with Gasteiger partial charge in [0, 0.05) is 0 Å². The lowest BCUT2D eigenvalue weighted by Crippen LogP contribution is -1.98. The van der Waals surface area contributed by atoms with E-state index in [1.165, 1.54) is 0 Å². The van der Waals surface area contributed by atoms with E-state index in [0.29, 0.717) is 22.3 Å². The first-order valence-corrected chi connectivity index (χ1v) is 3.70. The summed E-state index contributed by atoms with van der Waals surface area (Å²) < 4.78 is 24.8. The van der Waals surface area contributed by atoms with Gasteiger partial charge in [-0.05, 0) is 25.0 Å². The predicted octanol–water partition coefficient (Wildman–Crippen LogP) is 3.37. The SMILES string of the molecule is C=C(C)/C(CF)=C(/CF)C(=C)C. The molecule has 68 valence electrons. The summed E-state index contributed by atoms with van der Waals surface area (Å²) in [5.41, 5.74) is 1.80. The van der Waals surface area contributed by atoms with Gasteiger partial charge in [-0.25, -0.2) is 8.78 Å². The fourth-order valence-electron chi connectivity index (χ4n) is 0.905. The fraction of sp³-hybridized carbons (Fsp3) is 0.400. The summed E-state index contributed by atoms with van der Waals surface area (Å²) in [5, 5.41) is 0. The van der Waals surface area contributed by atoms with Crippen LogP contribution in [-0.2, 0) is 0 Å². The molecular formula is C10H14F2. The van der Waals surface area contributed by atoms with Crippen LogP contribution in [0.3, 0.4) is 0 Å². The van der Waals surface area contributed by atoms with Crippen molar-refractivity contribution in [1.82, 2.24) is 0 Å². The lowest BCUT2D eigenvalue weighted by atomic mass is 10.00. The van der Waals surface area contributed by atoms with Crippen molar-refractivity contribution in [1.29, 1.82) is 0 Å². The van der Waals surface area contributed by atoms with E-state index in [1.807, 2.05) is 0 Å². The van der Waals surface area contributed by atoms with Crippen LogP contribution in [-0.4, -0.2) is 13.3 Å². The largest absolute Gasteiger partial charge is 0.246 e. The number of halogens is 2. The van der Waals surface area contributed by atoms with Gasteiger partial charge in [0.1, 0.15) is 13.3 Å². The first-order chi connectivity index (χ1) is 5.54. The Balaban J connectivity index is 5.01. The van der Waals surface area contributed by atoms with E-state index in [-0.39, 0.29) is 0 Å². The number of hydrogen-bond acceptors (Lipinski definition) is 0. The maximum atomic E-state index is 12.4. The topological polar surface area (TPSA) is 0 Å². The van der Waals surface area contributed by atoms with Crippen LogP contribution in [0.25, 0.3) is 0 Å². The molecule has 0 atom stereocenters. The second-order valence-corrected chi connectivity index (χ2v) is 2.79. The van der Waals surface area contributed by atoms with Crippen molar-refractivity contribution in [2.75, 3.05) is 13.3 Å². The molecule has 0 nitrogen and oxygen atoms in total. The molecule has 0 aliphatic rings. The van der Waals surface area contributed by atoms with Crippen LogP contribution in [0.1, 0.15) is 13.8 Å². The predicted molar refractivity (Wildman–Crippen MR) is 48.6 cm³/mol. The molecule has 0 aromatic carbocycles. The third kappa shape index (κ3) is 2.61. The quantitative estimate of drug-likeness (QED) is 0.570. The molecule has 2 heteroatoms. The van der Waals surface area contributed by atoms with E-state index < -0.39 is 13.3 Å². The maximum absolute atomic E-state index is 12.4. The van der Waals surface area contributed by atoms with Gasteiger partial charge >= 0.3 is 0 Å². The first kappa shape index (κ1) is 11.1. The molecule has 0 unspecified atom stereocenters. The molecule has 0 aromatic heterocycles. The standard InChI is InChI=1S/C10H14F2/c1-7(2)9(5-11)10(6-12)8(3)4/h1,3,5-6H2,2,4H3/b10-9-. The van der Waals surface area contributed by atoms with Crippen LogP contribution in [0.2, 0.25) is 0 Å². The zero-order chi connectivity index (χ0) is 9.72. The van der Waals surface area contributed by atoms with E-state index >= 15 is 0 Å². The molecule has 0 heterocycles. The maximum Gasteiger partial charge on any atom is 0.115 e. The van der Waals surface area contributed by atoms with Crippen molar-refractivity contribution in [2.45, 2.75) is 13.8 Å². The number of rotatable bonds is 4. The Kier molecular flexibility index (Phi) is 4.49. The highest BCUT2D eigenvalue weighted by molar-refractivity contribution is 5.41. The average molecular weight is 172 g/mol. The van der Waals surface area contributed by atoms with Crippen molar-refractivity contribution in [3.8, 4) is 0 Å². The molecule has 0 fully saturated rings. The van der Waals surface area contributed by atoms with Crippen LogP contribution in [0.5, 0.6) is 0 Å². The Labute approximate surface area is 72.3 Å². The zero-order valence-corrected chi connectivity index (χ0v) is 7.58. The Morgan fingerprint density at radius 3 is 1.25 bits per heavy atom. The highest BCUT2D eigenvalue weighted by atomic mass is 19.1. The van der Waals surface area contributed by atoms with Crippen molar-refractivity contribution >= 4 is 0 Å². The van der Waals surface area contributed by atoms with Gasteiger partial charge in [-0.15, -0.1) is 0 Å². The van der Waals surface area contributed by atoms with Gasteiger partial charge in [0.25, 0.3) is 0 Å². The molecule has 0 amide bonds. The molecule has 0 N–H and O–H groups in total. The summed E-state index contributed by atoms with van der Waals surface area (Å²) in [5.74, 6) is 0. The Bertz CT molecular complexity index is 200. The van der Waals surface area contributed by atoms with Gasteiger partial charge in [-0.2, -0.15) is 0 Å². The summed E-state index contributed by atoms with van der Waals surface area (Å²) in [6, 6.07) is 0. The molecular weight excluding hydrogens is 158 g/mol. The van der Waals surface area contributed by atoms with Crippen molar-refractivity contribution < 1.29 is 8.78 Å². The number of allylic oxidation sites excluding steroid dienone is 4. The van der Waals surface area contributed by atoms with Gasteiger partial charge in [-0.3, -0.25) is 0 Å². The highest BCUT2D eigenvalue weighted by Gasteiger charge is 2.07. The molecule has 0 aliphatic carbocycles. The smallest absolute Gasteiger partial charge is 0.115 e. The molecule has 0 spiro atoms. The number of alkyl halides is 2. The van der Waals surface area contributed by atoms with Crippen molar-refractivity contribution in [3.05, 3.63) is 35.5 Å². The van der Waals surface area contributed by atoms with Gasteiger partial charge in [0.05, 0.1) is 0 Å². The monoisotopic (exact) mass is 172 g/mol. The molecule has 0 aromatic rings. The Hall–Kier alpha value is -0.920. The average Bonchev–Trinajstić information content (AvgIpc) is 1.98. The molecule has 0 aliphatic heterocycles. The molecule has 0 rings (SSSR count).